The first-order chi connectivity index (χ1) is 7.65. The van der Waals surface area contributed by atoms with Gasteiger partial charge in [0.05, 0.1) is 0 Å². The normalized spacial score (nSPS) is 15.4. The number of amides is 1. The van der Waals surface area contributed by atoms with E-state index >= 15 is 0 Å². The van der Waals surface area contributed by atoms with Crippen molar-refractivity contribution in [3.05, 3.63) is 39.9 Å². The van der Waals surface area contributed by atoms with E-state index in [0.717, 1.165) is 22.9 Å². The van der Waals surface area contributed by atoms with Gasteiger partial charge in [0.2, 0.25) is 5.91 Å². The Morgan fingerprint density at radius 1 is 1.50 bits per heavy atom. The summed E-state index contributed by atoms with van der Waals surface area (Å²) in [6.07, 6.45) is 5.66. The predicted octanol–water partition coefficient (Wildman–Crippen LogP) is 3.05. The standard InChI is InChI=1S/C13H14BrNO/c1-9-2-3-10(12(14)8-9)4-7-13(16)15-11-5-6-11/h2-4,7-8,11H,5-6H2,1H3,(H,15,16)/b7-4-. The highest BCUT2D eigenvalue weighted by Gasteiger charge is 2.21. The van der Waals surface area contributed by atoms with Gasteiger partial charge in [-0.3, -0.25) is 4.79 Å². The molecule has 1 aliphatic carbocycles. The quantitative estimate of drug-likeness (QED) is 0.847. The largest absolute Gasteiger partial charge is 0.350 e. The molecule has 0 atom stereocenters. The third-order valence-electron chi connectivity index (χ3n) is 2.49. The molecule has 1 aromatic carbocycles. The van der Waals surface area contributed by atoms with Crippen LogP contribution in [-0.4, -0.2) is 11.9 Å². The van der Waals surface area contributed by atoms with Gasteiger partial charge in [0, 0.05) is 16.6 Å². The second kappa shape index (κ2) is 4.83. The Kier molecular flexibility index (Phi) is 3.44. The molecule has 0 aliphatic heterocycles. The summed E-state index contributed by atoms with van der Waals surface area (Å²) in [5, 5.41) is 2.91. The highest BCUT2D eigenvalue weighted by Crippen LogP contribution is 2.20. The number of hydrogen-bond acceptors (Lipinski definition) is 1. The average Bonchev–Trinajstić information content (AvgIpc) is 3.00. The molecule has 1 aliphatic rings. The van der Waals surface area contributed by atoms with Crippen LogP contribution in [0.2, 0.25) is 0 Å². The molecule has 1 aromatic rings. The summed E-state index contributed by atoms with van der Waals surface area (Å²) in [4.78, 5) is 11.4. The molecule has 1 N–H and O–H groups in total. The van der Waals surface area contributed by atoms with E-state index in [0.29, 0.717) is 6.04 Å². The fourth-order valence-corrected chi connectivity index (χ4v) is 2.04. The Hall–Kier alpha value is -1.09. The molecule has 0 spiro atoms. The van der Waals surface area contributed by atoms with Crippen LogP contribution in [0.25, 0.3) is 6.08 Å². The zero-order valence-electron chi connectivity index (χ0n) is 9.16. The van der Waals surface area contributed by atoms with Gasteiger partial charge in [0.1, 0.15) is 0 Å². The second-order valence-electron chi connectivity index (χ2n) is 4.14. The van der Waals surface area contributed by atoms with Crippen molar-refractivity contribution in [1.29, 1.82) is 0 Å². The average molecular weight is 280 g/mol. The van der Waals surface area contributed by atoms with Gasteiger partial charge in [-0.2, -0.15) is 0 Å². The van der Waals surface area contributed by atoms with Crippen LogP contribution in [0.1, 0.15) is 24.0 Å². The van der Waals surface area contributed by atoms with Crippen LogP contribution >= 0.6 is 15.9 Å². The molecule has 1 fully saturated rings. The van der Waals surface area contributed by atoms with Gasteiger partial charge >= 0.3 is 0 Å². The maximum atomic E-state index is 11.4. The van der Waals surface area contributed by atoms with E-state index in [1.807, 2.05) is 31.2 Å². The van der Waals surface area contributed by atoms with Crippen LogP contribution in [0.4, 0.5) is 0 Å². The Balaban J connectivity index is 2.01. The molecule has 2 rings (SSSR count). The van der Waals surface area contributed by atoms with Gasteiger partial charge in [0.25, 0.3) is 0 Å². The zero-order chi connectivity index (χ0) is 11.5. The lowest BCUT2D eigenvalue weighted by atomic mass is 10.1. The van der Waals surface area contributed by atoms with Crippen LogP contribution in [0, 0.1) is 6.92 Å². The highest BCUT2D eigenvalue weighted by atomic mass is 79.9. The molecule has 16 heavy (non-hydrogen) atoms. The van der Waals surface area contributed by atoms with Crippen molar-refractivity contribution < 1.29 is 4.79 Å². The van der Waals surface area contributed by atoms with E-state index in [9.17, 15) is 4.79 Å². The minimum absolute atomic E-state index is 0.00465. The molecule has 0 radical (unpaired) electrons. The summed E-state index contributed by atoms with van der Waals surface area (Å²) in [7, 11) is 0. The monoisotopic (exact) mass is 279 g/mol. The van der Waals surface area contributed by atoms with Gasteiger partial charge < -0.3 is 5.32 Å². The Bertz CT molecular complexity index is 436. The smallest absolute Gasteiger partial charge is 0.244 e. The van der Waals surface area contributed by atoms with Gasteiger partial charge in [-0.05, 0) is 43.0 Å². The minimum atomic E-state index is -0.00465. The lowest BCUT2D eigenvalue weighted by molar-refractivity contribution is -0.116. The summed E-state index contributed by atoms with van der Waals surface area (Å²) in [6, 6.07) is 6.49. The summed E-state index contributed by atoms with van der Waals surface area (Å²) < 4.78 is 1.02. The maximum absolute atomic E-state index is 11.4. The first-order valence-corrected chi connectivity index (χ1v) is 6.19. The molecule has 0 heterocycles. The molecule has 2 nitrogen and oxygen atoms in total. The molecular formula is C13H14BrNO. The predicted molar refractivity (Wildman–Crippen MR) is 69.1 cm³/mol. The topological polar surface area (TPSA) is 29.1 Å². The summed E-state index contributed by atoms with van der Waals surface area (Å²) in [5.41, 5.74) is 2.23. The van der Waals surface area contributed by atoms with Crippen molar-refractivity contribution in [2.45, 2.75) is 25.8 Å². The number of halogens is 1. The number of hydrogen-bond donors (Lipinski definition) is 1. The van der Waals surface area contributed by atoms with Crippen LogP contribution in [0.5, 0.6) is 0 Å². The molecule has 0 unspecified atom stereocenters. The summed E-state index contributed by atoms with van der Waals surface area (Å²) >= 11 is 3.48. The van der Waals surface area contributed by atoms with Crippen LogP contribution in [0.3, 0.4) is 0 Å². The first kappa shape index (κ1) is 11.4. The Labute approximate surface area is 104 Å². The minimum Gasteiger partial charge on any atom is -0.350 e. The van der Waals surface area contributed by atoms with Crippen LogP contribution < -0.4 is 5.32 Å². The van der Waals surface area contributed by atoms with E-state index in [-0.39, 0.29) is 5.91 Å². The molecule has 0 aromatic heterocycles. The number of carbonyl (C=O) groups excluding carboxylic acids is 1. The van der Waals surface area contributed by atoms with E-state index < -0.39 is 0 Å². The zero-order valence-corrected chi connectivity index (χ0v) is 10.8. The Morgan fingerprint density at radius 3 is 2.88 bits per heavy atom. The van der Waals surface area contributed by atoms with E-state index in [4.69, 9.17) is 0 Å². The van der Waals surface area contributed by atoms with Crippen molar-refractivity contribution in [2.75, 3.05) is 0 Å². The third-order valence-corrected chi connectivity index (χ3v) is 3.18. The molecular weight excluding hydrogens is 266 g/mol. The van der Waals surface area contributed by atoms with Crippen LogP contribution in [0.15, 0.2) is 28.7 Å². The molecule has 0 bridgehead atoms. The van der Waals surface area contributed by atoms with E-state index in [1.54, 1.807) is 6.08 Å². The molecule has 1 saturated carbocycles. The SMILES string of the molecule is Cc1ccc(/C=C\C(=O)NC2CC2)c(Br)c1. The highest BCUT2D eigenvalue weighted by molar-refractivity contribution is 9.10. The lowest BCUT2D eigenvalue weighted by Crippen LogP contribution is -2.22. The lowest BCUT2D eigenvalue weighted by Gasteiger charge is -2.00. The molecule has 3 heteroatoms. The van der Waals surface area contributed by atoms with E-state index in [2.05, 4.69) is 21.2 Å². The summed E-state index contributed by atoms with van der Waals surface area (Å²) in [5.74, 6) is -0.00465. The van der Waals surface area contributed by atoms with Crippen molar-refractivity contribution in [1.82, 2.24) is 5.32 Å². The maximum Gasteiger partial charge on any atom is 0.244 e. The van der Waals surface area contributed by atoms with E-state index in [1.165, 1.54) is 5.56 Å². The third kappa shape index (κ3) is 3.20. The number of aryl methyl sites for hydroxylation is 1. The molecule has 1 amide bonds. The fourth-order valence-electron chi connectivity index (χ4n) is 1.41. The van der Waals surface area contributed by atoms with Crippen molar-refractivity contribution in [3.63, 3.8) is 0 Å². The van der Waals surface area contributed by atoms with Gasteiger partial charge in [-0.25, -0.2) is 0 Å². The van der Waals surface area contributed by atoms with Gasteiger partial charge in [-0.1, -0.05) is 28.1 Å². The number of nitrogens with one attached hydrogen (secondary N) is 1. The fraction of sp³-hybridized carbons (Fsp3) is 0.308. The van der Waals surface area contributed by atoms with Crippen LogP contribution in [-0.2, 0) is 4.79 Å². The van der Waals surface area contributed by atoms with Gasteiger partial charge in [-0.15, -0.1) is 0 Å². The van der Waals surface area contributed by atoms with Crippen molar-refractivity contribution >= 4 is 27.9 Å². The summed E-state index contributed by atoms with van der Waals surface area (Å²) in [6.45, 7) is 2.04. The number of carbonyl (C=O) groups is 1. The Morgan fingerprint density at radius 2 is 2.25 bits per heavy atom. The number of benzene rings is 1. The molecule has 0 saturated heterocycles. The number of rotatable bonds is 3. The first-order valence-electron chi connectivity index (χ1n) is 5.40. The molecule has 84 valence electrons. The second-order valence-corrected chi connectivity index (χ2v) is 5.00. The van der Waals surface area contributed by atoms with Crippen molar-refractivity contribution in [2.24, 2.45) is 0 Å². The van der Waals surface area contributed by atoms with Gasteiger partial charge in [0.15, 0.2) is 0 Å². The van der Waals surface area contributed by atoms with Crippen molar-refractivity contribution in [3.8, 4) is 0 Å².